The van der Waals surface area contributed by atoms with Crippen LogP contribution in [0.3, 0.4) is 0 Å². The molecule has 0 aliphatic heterocycles. The van der Waals surface area contributed by atoms with E-state index in [-0.39, 0.29) is 19.1 Å². The fraction of sp³-hybridized carbons (Fsp3) is 0.816. The van der Waals surface area contributed by atoms with Gasteiger partial charge in [-0.2, -0.15) is 0 Å². The number of hydrogen-bond donors (Lipinski definition) is 3. The second-order valence-electron chi connectivity index (χ2n) is 17.5. The van der Waals surface area contributed by atoms with Crippen molar-refractivity contribution in [1.82, 2.24) is 5.32 Å². The molecule has 1 amide bonds. The summed E-state index contributed by atoms with van der Waals surface area (Å²) in [5.41, 5.74) is 0. The van der Waals surface area contributed by atoms with Crippen molar-refractivity contribution in [3.05, 3.63) is 48.6 Å². The van der Waals surface area contributed by atoms with Gasteiger partial charge in [-0.3, -0.25) is 13.8 Å². The number of unbranched alkanes of at least 4 members (excludes halogenated alkanes) is 24. The minimum Gasteiger partial charge on any atom is -0.387 e. The zero-order valence-electron chi connectivity index (χ0n) is 38.5. The highest BCUT2D eigenvalue weighted by molar-refractivity contribution is 7.47. The lowest BCUT2D eigenvalue weighted by molar-refractivity contribution is -0.870. The number of nitrogens with zero attached hydrogens (tertiary/aromatic N) is 1. The zero-order valence-corrected chi connectivity index (χ0v) is 39.4. The second kappa shape index (κ2) is 40.8. The maximum absolute atomic E-state index is 12.9. The predicted molar refractivity (Wildman–Crippen MR) is 249 cm³/mol. The molecule has 0 aromatic carbocycles. The summed E-state index contributed by atoms with van der Waals surface area (Å²) in [7, 11) is 1.56. The van der Waals surface area contributed by atoms with Crippen molar-refractivity contribution < 1.29 is 32.9 Å². The van der Waals surface area contributed by atoms with Crippen molar-refractivity contribution in [3.63, 3.8) is 0 Å². The molecule has 3 N–H and O–H groups in total. The average molecular weight is 838 g/mol. The van der Waals surface area contributed by atoms with E-state index in [1.54, 1.807) is 6.08 Å². The van der Waals surface area contributed by atoms with Crippen LogP contribution < -0.4 is 5.32 Å². The first-order valence-electron chi connectivity index (χ1n) is 24.0. The number of quaternary nitrogens is 1. The van der Waals surface area contributed by atoms with Crippen molar-refractivity contribution in [3.8, 4) is 0 Å². The number of nitrogens with one attached hydrogen (secondary N) is 1. The first-order valence-corrected chi connectivity index (χ1v) is 25.5. The van der Waals surface area contributed by atoms with Crippen LogP contribution in [0.15, 0.2) is 48.6 Å². The predicted octanol–water partition coefficient (Wildman–Crippen LogP) is 13.6. The van der Waals surface area contributed by atoms with Gasteiger partial charge in [-0.05, 0) is 57.8 Å². The number of phosphoric ester groups is 1. The highest BCUT2D eigenvalue weighted by Gasteiger charge is 2.27. The summed E-state index contributed by atoms with van der Waals surface area (Å²) in [6, 6.07) is -0.854. The third kappa shape index (κ3) is 42.6. The molecule has 9 heteroatoms. The fourth-order valence-electron chi connectivity index (χ4n) is 6.69. The van der Waals surface area contributed by atoms with Crippen LogP contribution in [0.25, 0.3) is 0 Å². The van der Waals surface area contributed by atoms with E-state index in [0.29, 0.717) is 17.4 Å². The zero-order chi connectivity index (χ0) is 42.8. The largest absolute Gasteiger partial charge is 0.472 e. The van der Waals surface area contributed by atoms with Crippen molar-refractivity contribution in [2.45, 2.75) is 219 Å². The number of phosphoric acid groups is 1. The Labute approximate surface area is 359 Å². The SMILES string of the molecule is CCCCCCC/C=C\C/C=C\C/C=C\CCCCCCCCC(=O)NC(COP(=O)(O)OCC[N+](C)(C)C)C(O)/C=C/CCCCCCCCCCCCCCC. The van der Waals surface area contributed by atoms with Crippen LogP contribution in [-0.4, -0.2) is 73.4 Å². The van der Waals surface area contributed by atoms with Gasteiger partial charge in [-0.15, -0.1) is 0 Å². The molecule has 8 nitrogen and oxygen atoms in total. The van der Waals surface area contributed by atoms with E-state index in [2.05, 4.69) is 55.6 Å². The highest BCUT2D eigenvalue weighted by atomic mass is 31.2. The molecule has 0 heterocycles. The molecule has 0 radical (unpaired) electrons. The smallest absolute Gasteiger partial charge is 0.387 e. The summed E-state index contributed by atoms with van der Waals surface area (Å²) in [4.78, 5) is 23.2. The molecule has 0 rings (SSSR count). The number of hydrogen-bond acceptors (Lipinski definition) is 5. The maximum Gasteiger partial charge on any atom is 0.472 e. The van der Waals surface area contributed by atoms with Crippen LogP contribution in [-0.2, 0) is 18.4 Å². The van der Waals surface area contributed by atoms with Gasteiger partial charge in [0.15, 0.2) is 0 Å². The summed E-state index contributed by atoms with van der Waals surface area (Å²) in [5.74, 6) is -0.190. The quantitative estimate of drug-likeness (QED) is 0.0244. The highest BCUT2D eigenvalue weighted by Crippen LogP contribution is 2.43. The molecule has 0 bridgehead atoms. The number of allylic oxidation sites excluding steroid dienone is 7. The first kappa shape index (κ1) is 56.5. The van der Waals surface area contributed by atoms with Crippen molar-refractivity contribution >= 4 is 13.7 Å². The molecule has 0 fully saturated rings. The van der Waals surface area contributed by atoms with Gasteiger partial charge < -0.3 is 19.8 Å². The number of carbonyl (C=O) groups excluding carboxylic acids is 1. The summed E-state index contributed by atoms with van der Waals surface area (Å²) < 4.78 is 23.6. The van der Waals surface area contributed by atoms with Crippen LogP contribution >= 0.6 is 7.82 Å². The topological polar surface area (TPSA) is 105 Å². The van der Waals surface area contributed by atoms with E-state index in [1.165, 1.54) is 122 Å². The molecular formula is C49H94N2O6P+. The number of likely N-dealkylation sites (N-methyl/N-ethyl adjacent to an activating group) is 1. The Hall–Kier alpha value is -1.54. The Balaban J connectivity index is 4.39. The monoisotopic (exact) mass is 838 g/mol. The molecule has 0 saturated carbocycles. The number of aliphatic hydroxyl groups excluding tert-OH is 1. The van der Waals surface area contributed by atoms with E-state index in [0.717, 1.165) is 64.2 Å². The molecule has 0 aromatic rings. The number of rotatable bonds is 43. The lowest BCUT2D eigenvalue weighted by atomic mass is 10.0. The minimum atomic E-state index is -4.34. The first-order chi connectivity index (χ1) is 28.0. The molecule has 0 aliphatic rings. The van der Waals surface area contributed by atoms with Crippen molar-refractivity contribution in [1.29, 1.82) is 0 Å². The van der Waals surface area contributed by atoms with Crippen LogP contribution in [0.1, 0.15) is 206 Å². The Morgan fingerprint density at radius 2 is 0.983 bits per heavy atom. The summed E-state index contributed by atoms with van der Waals surface area (Å²) in [6.45, 7) is 4.79. The Morgan fingerprint density at radius 1 is 0.586 bits per heavy atom. The van der Waals surface area contributed by atoms with Gasteiger partial charge in [0.2, 0.25) is 5.91 Å². The van der Waals surface area contributed by atoms with E-state index >= 15 is 0 Å². The molecule has 0 aliphatic carbocycles. The van der Waals surface area contributed by atoms with Crippen LogP contribution in [0.2, 0.25) is 0 Å². The van der Waals surface area contributed by atoms with E-state index in [4.69, 9.17) is 9.05 Å². The van der Waals surface area contributed by atoms with Crippen molar-refractivity contribution in [2.75, 3.05) is 40.9 Å². The van der Waals surface area contributed by atoms with Crippen LogP contribution in [0, 0.1) is 0 Å². The molecular weight excluding hydrogens is 744 g/mol. The van der Waals surface area contributed by atoms with Gasteiger partial charge >= 0.3 is 7.82 Å². The third-order valence-corrected chi connectivity index (χ3v) is 11.5. The summed E-state index contributed by atoms with van der Waals surface area (Å²) >= 11 is 0. The standard InChI is InChI=1S/C49H93N2O6P/c1-6-8-10-12-14-16-18-20-22-23-24-25-26-27-29-31-33-35-37-39-41-43-49(53)50-47(46-57-58(54,55)56-45-44-51(3,4)5)48(52)42-40-38-36-34-32-30-28-21-19-17-15-13-11-9-7-2/h18,20,23-24,26-27,40,42,47-48,52H,6-17,19,21-22,25,28-39,41,43-46H2,1-5H3,(H-,50,53,54,55)/p+1/b20-18-,24-23-,27-26-,42-40+. The van der Waals surface area contributed by atoms with Gasteiger partial charge in [0, 0.05) is 6.42 Å². The van der Waals surface area contributed by atoms with E-state index in [9.17, 15) is 19.4 Å². The Morgan fingerprint density at radius 3 is 1.43 bits per heavy atom. The Kier molecular flexibility index (Phi) is 39.8. The van der Waals surface area contributed by atoms with E-state index < -0.39 is 20.0 Å². The molecule has 340 valence electrons. The molecule has 0 spiro atoms. The fourth-order valence-corrected chi connectivity index (χ4v) is 7.43. The number of carbonyl (C=O) groups is 1. The minimum absolute atomic E-state index is 0.0574. The van der Waals surface area contributed by atoms with Crippen molar-refractivity contribution in [2.24, 2.45) is 0 Å². The molecule has 58 heavy (non-hydrogen) atoms. The molecule has 0 aromatic heterocycles. The van der Waals surface area contributed by atoms with Crippen LogP contribution in [0.4, 0.5) is 0 Å². The van der Waals surface area contributed by atoms with Gasteiger partial charge in [0.05, 0.1) is 39.9 Å². The van der Waals surface area contributed by atoms with Crippen LogP contribution in [0.5, 0.6) is 0 Å². The third-order valence-electron chi connectivity index (χ3n) is 10.5. The van der Waals surface area contributed by atoms with Gasteiger partial charge in [0.25, 0.3) is 0 Å². The number of aliphatic hydroxyl groups is 1. The van der Waals surface area contributed by atoms with Gasteiger partial charge in [-0.25, -0.2) is 4.57 Å². The normalized spacial score (nSPS) is 14.7. The van der Waals surface area contributed by atoms with Gasteiger partial charge in [0.1, 0.15) is 13.2 Å². The number of amides is 1. The lowest BCUT2D eigenvalue weighted by Crippen LogP contribution is -2.45. The van der Waals surface area contributed by atoms with E-state index in [1.807, 2.05) is 27.2 Å². The molecule has 3 atom stereocenters. The van der Waals surface area contributed by atoms with Gasteiger partial charge in [-0.1, -0.05) is 191 Å². The summed E-state index contributed by atoms with van der Waals surface area (Å²) in [5, 5.41) is 13.8. The summed E-state index contributed by atoms with van der Waals surface area (Å²) in [6.07, 6.45) is 51.7. The Bertz CT molecular complexity index is 1090. The maximum atomic E-state index is 12.9. The second-order valence-corrected chi connectivity index (χ2v) is 18.9. The lowest BCUT2D eigenvalue weighted by Gasteiger charge is -2.25. The molecule has 3 unspecified atom stereocenters. The molecule has 0 saturated heterocycles. The average Bonchev–Trinajstić information content (AvgIpc) is 3.17.